The maximum absolute atomic E-state index is 12.6. The van der Waals surface area contributed by atoms with Crippen LogP contribution in [0.4, 0.5) is 5.69 Å². The minimum atomic E-state index is -3.05. The molecule has 0 unspecified atom stereocenters. The van der Waals surface area contributed by atoms with Gasteiger partial charge in [0.25, 0.3) is 5.91 Å². The van der Waals surface area contributed by atoms with E-state index in [-0.39, 0.29) is 34.6 Å². The second kappa shape index (κ2) is 7.35. The van der Waals surface area contributed by atoms with Crippen molar-refractivity contribution in [1.82, 2.24) is 0 Å². The van der Waals surface area contributed by atoms with Crippen LogP contribution in [-0.2, 0) is 14.6 Å². The van der Waals surface area contributed by atoms with Gasteiger partial charge in [-0.1, -0.05) is 31.7 Å². The molecule has 0 bridgehead atoms. The lowest BCUT2D eigenvalue weighted by molar-refractivity contribution is -0.121. The molecule has 2 fully saturated rings. The minimum Gasteiger partial charge on any atom is -0.316 e. The van der Waals surface area contributed by atoms with Crippen LogP contribution in [-0.4, -0.2) is 42.3 Å². The van der Waals surface area contributed by atoms with E-state index in [2.05, 4.69) is 11.1 Å². The molecule has 2 aliphatic heterocycles. The number of aliphatic imine (C=N–C) groups is 1. The maximum atomic E-state index is 12.6. The van der Waals surface area contributed by atoms with E-state index >= 15 is 0 Å². The zero-order valence-electron chi connectivity index (χ0n) is 15.7. The first kappa shape index (κ1) is 19.4. The van der Waals surface area contributed by atoms with E-state index in [4.69, 9.17) is 0 Å². The van der Waals surface area contributed by atoms with Crippen LogP contribution in [0.2, 0.25) is 0 Å². The molecule has 2 atom stereocenters. The van der Waals surface area contributed by atoms with Crippen molar-refractivity contribution in [3.63, 3.8) is 0 Å². The number of hydrogen-bond acceptors (Lipinski definition) is 4. The largest absolute Gasteiger partial charge is 0.316 e. The van der Waals surface area contributed by atoms with Gasteiger partial charge in [-0.05, 0) is 49.9 Å². The number of amidine groups is 1. The number of rotatable bonds is 4. The van der Waals surface area contributed by atoms with Crippen molar-refractivity contribution in [3.8, 4) is 0 Å². The number of aryl methyl sites for hydroxylation is 2. The molecule has 1 aromatic rings. The molecule has 142 valence electrons. The predicted octanol–water partition coefficient (Wildman–Crippen LogP) is 3.34. The summed E-state index contributed by atoms with van der Waals surface area (Å²) in [6, 6.07) is 6.01. The van der Waals surface area contributed by atoms with Crippen LogP contribution in [0.25, 0.3) is 0 Å². The molecule has 0 aromatic heterocycles. The van der Waals surface area contributed by atoms with Crippen LogP contribution in [0.3, 0.4) is 0 Å². The van der Waals surface area contributed by atoms with Crippen molar-refractivity contribution in [1.29, 1.82) is 0 Å². The molecular weight excluding hydrogens is 368 g/mol. The van der Waals surface area contributed by atoms with Gasteiger partial charge in [-0.25, -0.2) is 8.42 Å². The summed E-state index contributed by atoms with van der Waals surface area (Å²) in [6.45, 7) is 8.04. The quantitative estimate of drug-likeness (QED) is 0.783. The molecule has 1 amide bonds. The molecular formula is C19H26N2O3S2. The van der Waals surface area contributed by atoms with Crippen LogP contribution in [0.5, 0.6) is 0 Å². The van der Waals surface area contributed by atoms with Gasteiger partial charge >= 0.3 is 0 Å². The average Bonchev–Trinajstić information content (AvgIpc) is 2.98. The van der Waals surface area contributed by atoms with Crippen molar-refractivity contribution < 1.29 is 13.2 Å². The second-order valence-electron chi connectivity index (χ2n) is 7.26. The van der Waals surface area contributed by atoms with Gasteiger partial charge in [-0.2, -0.15) is 4.99 Å². The Hall–Kier alpha value is -1.34. The summed E-state index contributed by atoms with van der Waals surface area (Å²) < 4.78 is 24.3. The van der Waals surface area contributed by atoms with Gasteiger partial charge in [0.1, 0.15) is 0 Å². The number of carbonyl (C=O) groups is 1. The van der Waals surface area contributed by atoms with Crippen molar-refractivity contribution in [2.75, 3.05) is 16.4 Å². The Labute approximate surface area is 160 Å². The molecule has 2 heterocycles. The highest BCUT2D eigenvalue weighted by Gasteiger charge is 2.49. The SMILES string of the molecule is CCC(CC)C(=O)N=C1S[C@@H]2CS(=O)(=O)C[C@H]2N1c1cc(C)cc(C)c1. The van der Waals surface area contributed by atoms with Crippen LogP contribution < -0.4 is 4.90 Å². The topological polar surface area (TPSA) is 66.8 Å². The number of fused-ring (bicyclic) bond motifs is 1. The minimum absolute atomic E-state index is 0.0610. The summed E-state index contributed by atoms with van der Waals surface area (Å²) in [6.07, 6.45) is 1.53. The fourth-order valence-corrected chi connectivity index (χ4v) is 7.70. The molecule has 0 aliphatic carbocycles. The number of benzene rings is 1. The first-order valence-electron chi connectivity index (χ1n) is 9.11. The molecule has 2 saturated heterocycles. The van der Waals surface area contributed by atoms with Gasteiger partial charge in [0, 0.05) is 16.9 Å². The van der Waals surface area contributed by atoms with E-state index in [9.17, 15) is 13.2 Å². The zero-order valence-corrected chi connectivity index (χ0v) is 17.4. The Morgan fingerprint density at radius 1 is 1.19 bits per heavy atom. The lowest BCUT2D eigenvalue weighted by Crippen LogP contribution is -2.38. The van der Waals surface area contributed by atoms with E-state index in [0.717, 1.165) is 29.7 Å². The van der Waals surface area contributed by atoms with Crippen LogP contribution >= 0.6 is 11.8 Å². The summed E-state index contributed by atoms with van der Waals surface area (Å²) >= 11 is 1.44. The first-order valence-corrected chi connectivity index (χ1v) is 11.8. The van der Waals surface area contributed by atoms with Gasteiger partial charge in [0.05, 0.1) is 17.5 Å². The van der Waals surface area contributed by atoms with E-state index in [1.807, 2.05) is 44.7 Å². The van der Waals surface area contributed by atoms with Gasteiger partial charge in [0.2, 0.25) is 0 Å². The predicted molar refractivity (Wildman–Crippen MR) is 109 cm³/mol. The highest BCUT2D eigenvalue weighted by Crippen LogP contribution is 2.41. The Balaban J connectivity index is 2.02. The number of hydrogen-bond donors (Lipinski definition) is 0. The number of amides is 1. The lowest BCUT2D eigenvalue weighted by Gasteiger charge is -2.25. The standard InChI is InChI=1S/C19H26N2O3S2/c1-5-14(6-2)18(22)20-19-21(15-8-12(3)7-13(4)9-15)16-10-26(23,24)11-17(16)25-19/h7-9,14,16-17H,5-6,10-11H2,1-4H3/t16-,17-/m1/s1. The number of nitrogens with zero attached hydrogens (tertiary/aromatic N) is 2. The first-order chi connectivity index (χ1) is 12.2. The van der Waals surface area contributed by atoms with Crippen molar-refractivity contribution >= 4 is 38.4 Å². The Morgan fingerprint density at radius 2 is 1.81 bits per heavy atom. The smallest absolute Gasteiger partial charge is 0.251 e. The third-order valence-corrected chi connectivity index (χ3v) is 8.30. The van der Waals surface area contributed by atoms with Crippen molar-refractivity contribution in [3.05, 3.63) is 29.3 Å². The lowest BCUT2D eigenvalue weighted by atomic mass is 10.0. The summed E-state index contributed by atoms with van der Waals surface area (Å²) in [5, 5.41) is 0.589. The molecule has 26 heavy (non-hydrogen) atoms. The van der Waals surface area contributed by atoms with Crippen LogP contribution in [0.15, 0.2) is 23.2 Å². The normalized spacial score (nSPS) is 25.9. The fourth-order valence-electron chi connectivity index (χ4n) is 3.78. The molecule has 3 rings (SSSR count). The molecule has 0 saturated carbocycles. The monoisotopic (exact) mass is 394 g/mol. The summed E-state index contributed by atoms with van der Waals surface area (Å²) in [5.41, 5.74) is 3.15. The molecule has 0 spiro atoms. The third kappa shape index (κ3) is 3.83. The molecule has 7 heteroatoms. The van der Waals surface area contributed by atoms with Gasteiger partial charge < -0.3 is 4.90 Å². The van der Waals surface area contributed by atoms with Crippen LogP contribution in [0, 0.1) is 19.8 Å². The van der Waals surface area contributed by atoms with Gasteiger partial charge in [-0.3, -0.25) is 4.79 Å². The van der Waals surface area contributed by atoms with E-state index in [1.165, 1.54) is 11.8 Å². The molecule has 0 radical (unpaired) electrons. The third-order valence-electron chi connectivity index (χ3n) is 5.09. The van der Waals surface area contributed by atoms with E-state index < -0.39 is 9.84 Å². The number of thioether (sulfide) groups is 1. The highest BCUT2D eigenvalue weighted by atomic mass is 32.2. The maximum Gasteiger partial charge on any atom is 0.251 e. The van der Waals surface area contributed by atoms with Crippen LogP contribution in [0.1, 0.15) is 37.8 Å². The van der Waals surface area contributed by atoms with E-state index in [0.29, 0.717) is 5.17 Å². The van der Waals surface area contributed by atoms with Crippen molar-refractivity contribution in [2.24, 2.45) is 10.9 Å². The fraction of sp³-hybridized carbons (Fsp3) is 0.579. The van der Waals surface area contributed by atoms with E-state index in [1.54, 1.807) is 0 Å². The molecule has 0 N–H and O–H groups in total. The number of carbonyl (C=O) groups excluding carboxylic acids is 1. The molecule has 1 aromatic carbocycles. The Bertz CT molecular complexity index is 824. The number of sulfone groups is 1. The Kier molecular flexibility index (Phi) is 5.49. The van der Waals surface area contributed by atoms with Gasteiger partial charge in [-0.15, -0.1) is 0 Å². The molecule has 2 aliphatic rings. The zero-order chi connectivity index (χ0) is 19.1. The summed E-state index contributed by atoms with van der Waals surface area (Å²) in [5.74, 6) is 0.0978. The highest BCUT2D eigenvalue weighted by molar-refractivity contribution is 8.16. The molecule has 5 nitrogen and oxygen atoms in total. The van der Waals surface area contributed by atoms with Crippen molar-refractivity contribution in [2.45, 2.75) is 51.8 Å². The summed E-state index contributed by atoms with van der Waals surface area (Å²) in [7, 11) is -3.05. The summed E-state index contributed by atoms with van der Waals surface area (Å²) in [4.78, 5) is 19.0. The van der Waals surface area contributed by atoms with Gasteiger partial charge in [0.15, 0.2) is 15.0 Å². The second-order valence-corrected chi connectivity index (χ2v) is 10.6. The average molecular weight is 395 g/mol. The Morgan fingerprint density at radius 3 is 2.38 bits per heavy atom. The number of anilines is 1.